The minimum Gasteiger partial charge on any atom is -0.308 e. The summed E-state index contributed by atoms with van der Waals surface area (Å²) >= 11 is 1.81. The highest BCUT2D eigenvalue weighted by atomic mass is 32.1. The fourth-order valence-electron chi connectivity index (χ4n) is 10.3. The highest BCUT2D eigenvalue weighted by Gasteiger charge is 2.26. The van der Waals surface area contributed by atoms with Crippen LogP contribution in [0.25, 0.3) is 136 Å². The fraction of sp³-hybridized carbons (Fsp3) is 0. The Labute approximate surface area is 346 Å². The molecule has 0 saturated carbocycles. The molecule has 0 spiro atoms. The van der Waals surface area contributed by atoms with Gasteiger partial charge in [-0.15, -0.1) is 11.3 Å². The van der Waals surface area contributed by atoms with E-state index in [2.05, 4.69) is 168 Å². The van der Waals surface area contributed by atoms with Crippen molar-refractivity contribution in [2.75, 3.05) is 0 Å². The number of benzene rings is 9. The van der Waals surface area contributed by atoms with E-state index in [9.17, 15) is 0 Å². The number of fused-ring (bicyclic) bond motifs is 9. The lowest BCUT2D eigenvalue weighted by molar-refractivity contribution is 1.07. The lowest BCUT2D eigenvalue weighted by Gasteiger charge is -2.15. The second-order valence-electron chi connectivity index (χ2n) is 15.8. The summed E-state index contributed by atoms with van der Waals surface area (Å²) in [5, 5.41) is 17.8. The number of thiophene rings is 1. The Hall–Kier alpha value is -7.73. The summed E-state index contributed by atoms with van der Waals surface area (Å²) in [6.07, 6.45) is 0. The van der Waals surface area contributed by atoms with E-state index in [1.165, 1.54) is 90.3 Å². The third-order valence-corrected chi connectivity index (χ3v) is 13.9. The van der Waals surface area contributed by atoms with Crippen LogP contribution in [-0.2, 0) is 0 Å². The van der Waals surface area contributed by atoms with Crippen LogP contribution in [0, 0.1) is 0 Å². The second kappa shape index (κ2) is 11.9. The topological polar surface area (TPSA) is 43.6 Å². The van der Waals surface area contributed by atoms with Gasteiger partial charge in [0.1, 0.15) is 0 Å². The van der Waals surface area contributed by atoms with E-state index in [0.29, 0.717) is 17.5 Å². The minimum absolute atomic E-state index is 0.633. The normalized spacial score (nSPS) is 12.3. The van der Waals surface area contributed by atoms with Crippen LogP contribution in [0.15, 0.2) is 182 Å². The van der Waals surface area contributed by atoms with Gasteiger partial charge in [-0.2, -0.15) is 0 Å². The van der Waals surface area contributed by atoms with Crippen molar-refractivity contribution in [3.05, 3.63) is 182 Å². The molecule has 0 aliphatic carbocycles. The average molecular weight is 779 g/mol. The van der Waals surface area contributed by atoms with Crippen molar-refractivity contribution in [3.63, 3.8) is 0 Å². The Morgan fingerprint density at radius 1 is 0.317 bits per heavy atom. The van der Waals surface area contributed by atoms with Crippen molar-refractivity contribution < 1.29 is 0 Å². The van der Waals surface area contributed by atoms with Gasteiger partial charge >= 0.3 is 0 Å². The molecule has 0 aliphatic rings. The third kappa shape index (κ3) is 4.26. The van der Waals surface area contributed by atoms with Crippen LogP contribution in [0.1, 0.15) is 0 Å². The Balaban J connectivity index is 1.13. The lowest BCUT2D eigenvalue weighted by atomic mass is 9.97. The molecule has 5 heteroatoms. The molecule has 14 aromatic rings. The minimum atomic E-state index is 0.633. The molecule has 3 heterocycles. The maximum absolute atomic E-state index is 5.43. The highest BCUT2D eigenvalue weighted by molar-refractivity contribution is 7.25. The van der Waals surface area contributed by atoms with Gasteiger partial charge < -0.3 is 4.57 Å². The van der Waals surface area contributed by atoms with Crippen LogP contribution in [0.4, 0.5) is 0 Å². The molecule has 0 radical (unpaired) electrons. The van der Waals surface area contributed by atoms with Crippen molar-refractivity contribution in [2.45, 2.75) is 0 Å². The molecule has 0 bridgehead atoms. The summed E-state index contributed by atoms with van der Waals surface area (Å²) in [4.78, 5) is 16.0. The molecule has 276 valence electrons. The predicted octanol–water partition coefficient (Wildman–Crippen LogP) is 15.0. The van der Waals surface area contributed by atoms with E-state index in [1.54, 1.807) is 11.3 Å². The smallest absolute Gasteiger partial charge is 0.166 e. The first-order chi connectivity index (χ1) is 29.8. The number of rotatable bonds is 4. The first-order valence-corrected chi connectivity index (χ1v) is 21.2. The van der Waals surface area contributed by atoms with Gasteiger partial charge in [0, 0.05) is 53.0 Å². The molecule has 0 fully saturated rings. The van der Waals surface area contributed by atoms with Crippen LogP contribution >= 0.6 is 11.3 Å². The summed E-state index contributed by atoms with van der Waals surface area (Å²) in [5.41, 5.74) is 6.23. The van der Waals surface area contributed by atoms with E-state index in [-0.39, 0.29) is 0 Å². The molecule has 3 aromatic heterocycles. The van der Waals surface area contributed by atoms with Crippen molar-refractivity contribution in [1.29, 1.82) is 0 Å². The standard InChI is InChI=1S/C55H30N4S/c1-2-14-31(15-3-1)53-56-54(58-55(57-53)41-23-13-27-47-48(41)40-21-9-11-26-46(40)60-47)39-20-8-10-24-43(39)59-44-25-12-22-36-32-16-4-5-17-33(32)38-29-28-37-34-18-6-7-19-35(34)42-30-45(59)52(50(36)44)51(38)49(37)42/h1-30H. The summed E-state index contributed by atoms with van der Waals surface area (Å²) in [6, 6.07) is 65.8. The second-order valence-corrected chi connectivity index (χ2v) is 16.9. The third-order valence-electron chi connectivity index (χ3n) is 12.7. The van der Waals surface area contributed by atoms with Gasteiger partial charge in [0.15, 0.2) is 17.5 Å². The van der Waals surface area contributed by atoms with E-state index >= 15 is 0 Å². The van der Waals surface area contributed by atoms with Gasteiger partial charge in [0.25, 0.3) is 0 Å². The molecule has 14 rings (SSSR count). The molecule has 0 N–H and O–H groups in total. The zero-order chi connectivity index (χ0) is 39.1. The molecule has 0 unspecified atom stereocenters. The van der Waals surface area contributed by atoms with E-state index in [1.807, 2.05) is 18.2 Å². The zero-order valence-electron chi connectivity index (χ0n) is 32.0. The van der Waals surface area contributed by atoms with E-state index in [0.717, 1.165) is 27.9 Å². The predicted molar refractivity (Wildman–Crippen MR) is 253 cm³/mol. The van der Waals surface area contributed by atoms with Crippen molar-refractivity contribution in [3.8, 4) is 39.9 Å². The largest absolute Gasteiger partial charge is 0.308 e. The van der Waals surface area contributed by atoms with Gasteiger partial charge in [-0.25, -0.2) is 15.0 Å². The number of aromatic nitrogens is 4. The Morgan fingerprint density at radius 2 is 0.867 bits per heavy atom. The quantitative estimate of drug-likeness (QED) is 0.179. The zero-order valence-corrected chi connectivity index (χ0v) is 32.8. The first kappa shape index (κ1) is 32.3. The van der Waals surface area contributed by atoms with Crippen molar-refractivity contribution in [1.82, 2.24) is 19.5 Å². The summed E-state index contributed by atoms with van der Waals surface area (Å²) in [5.74, 6) is 1.94. The van der Waals surface area contributed by atoms with Crippen LogP contribution in [0.3, 0.4) is 0 Å². The monoisotopic (exact) mass is 778 g/mol. The highest BCUT2D eigenvalue weighted by Crippen LogP contribution is 2.51. The fourth-order valence-corrected chi connectivity index (χ4v) is 11.4. The summed E-state index contributed by atoms with van der Waals surface area (Å²) in [6.45, 7) is 0. The Bertz CT molecular complexity index is 4070. The van der Waals surface area contributed by atoms with E-state index < -0.39 is 0 Å². The van der Waals surface area contributed by atoms with Gasteiger partial charge in [-0.3, -0.25) is 0 Å². The van der Waals surface area contributed by atoms with Crippen LogP contribution in [-0.4, -0.2) is 19.5 Å². The first-order valence-electron chi connectivity index (χ1n) is 20.4. The average Bonchev–Trinajstić information content (AvgIpc) is 3.95. The molecule has 0 aliphatic heterocycles. The van der Waals surface area contributed by atoms with Gasteiger partial charge in [-0.05, 0) is 84.9 Å². The molecule has 0 saturated heterocycles. The SMILES string of the molecule is c1ccc(-c2nc(-c3ccccc3-n3c4cccc5c6ccccc6c6ccc7c8ccccc8c8cc3c(c6c78)c54)nc(-c3cccc4sc5ccccc5c34)n2)cc1. The maximum Gasteiger partial charge on any atom is 0.166 e. The molecule has 11 aromatic carbocycles. The van der Waals surface area contributed by atoms with E-state index in [4.69, 9.17) is 15.0 Å². The molecule has 0 atom stereocenters. The molecular weight excluding hydrogens is 749 g/mol. The molecular formula is C55H30N4S. The Kier molecular flexibility index (Phi) is 6.41. The lowest BCUT2D eigenvalue weighted by Crippen LogP contribution is -2.03. The summed E-state index contributed by atoms with van der Waals surface area (Å²) < 4.78 is 4.94. The van der Waals surface area contributed by atoms with Crippen LogP contribution in [0.2, 0.25) is 0 Å². The number of nitrogens with zero attached hydrogens (tertiary/aromatic N) is 4. The van der Waals surface area contributed by atoms with Gasteiger partial charge in [0.05, 0.1) is 16.7 Å². The maximum atomic E-state index is 5.43. The molecule has 4 nitrogen and oxygen atoms in total. The molecule has 0 amide bonds. The van der Waals surface area contributed by atoms with Crippen molar-refractivity contribution in [2.24, 2.45) is 0 Å². The van der Waals surface area contributed by atoms with Crippen molar-refractivity contribution >= 4 is 107 Å². The number of hydrogen-bond acceptors (Lipinski definition) is 4. The number of para-hydroxylation sites is 1. The van der Waals surface area contributed by atoms with Gasteiger partial charge in [-0.1, -0.05) is 146 Å². The van der Waals surface area contributed by atoms with Crippen LogP contribution < -0.4 is 0 Å². The Morgan fingerprint density at radius 3 is 1.65 bits per heavy atom. The van der Waals surface area contributed by atoms with Gasteiger partial charge in [0.2, 0.25) is 0 Å². The molecule has 60 heavy (non-hydrogen) atoms. The number of hydrogen-bond donors (Lipinski definition) is 0. The summed E-state index contributed by atoms with van der Waals surface area (Å²) in [7, 11) is 0. The van der Waals surface area contributed by atoms with Crippen LogP contribution in [0.5, 0.6) is 0 Å².